The van der Waals surface area contributed by atoms with Gasteiger partial charge in [-0.3, -0.25) is 9.59 Å². The number of fused-ring (bicyclic) bond motifs is 3. The zero-order valence-electron chi connectivity index (χ0n) is 19.7. The molecule has 34 heavy (non-hydrogen) atoms. The Morgan fingerprint density at radius 1 is 0.971 bits per heavy atom. The summed E-state index contributed by atoms with van der Waals surface area (Å²) in [6.45, 7) is 3.71. The van der Waals surface area contributed by atoms with Crippen molar-refractivity contribution in [2.24, 2.45) is 5.92 Å². The number of carboxylic acid groups (broad SMARTS) is 1. The van der Waals surface area contributed by atoms with Crippen LogP contribution in [0.4, 0.5) is 4.79 Å². The Labute approximate surface area is 199 Å². The van der Waals surface area contributed by atoms with Gasteiger partial charge in [-0.25, -0.2) is 4.79 Å². The fourth-order valence-corrected chi connectivity index (χ4v) is 5.21. The first-order valence-corrected chi connectivity index (χ1v) is 11.9. The average Bonchev–Trinajstić information content (AvgIpc) is 3.11. The van der Waals surface area contributed by atoms with E-state index in [0.717, 1.165) is 35.1 Å². The van der Waals surface area contributed by atoms with E-state index in [1.807, 2.05) is 24.3 Å². The van der Waals surface area contributed by atoms with Crippen LogP contribution in [0.1, 0.15) is 63.0 Å². The smallest absolute Gasteiger partial charge is 0.407 e. The Balaban J connectivity index is 1.32. The molecule has 1 fully saturated rings. The van der Waals surface area contributed by atoms with Crippen LogP contribution in [0.5, 0.6) is 0 Å². The van der Waals surface area contributed by atoms with E-state index in [1.54, 1.807) is 13.8 Å². The topological polar surface area (TPSA) is 105 Å². The number of nitrogens with one attached hydrogen (secondary N) is 2. The van der Waals surface area contributed by atoms with E-state index in [0.29, 0.717) is 12.8 Å². The van der Waals surface area contributed by atoms with Crippen molar-refractivity contribution < 1.29 is 24.2 Å². The number of rotatable bonds is 7. The third kappa shape index (κ3) is 5.24. The lowest BCUT2D eigenvalue weighted by atomic mass is 9.84. The van der Waals surface area contributed by atoms with E-state index in [-0.39, 0.29) is 30.9 Å². The summed E-state index contributed by atoms with van der Waals surface area (Å²) in [4.78, 5) is 36.7. The molecular formula is C27H32N2O5. The summed E-state index contributed by atoms with van der Waals surface area (Å²) < 4.78 is 5.60. The highest BCUT2D eigenvalue weighted by Crippen LogP contribution is 2.44. The van der Waals surface area contributed by atoms with Crippen molar-refractivity contribution in [3.05, 3.63) is 59.7 Å². The highest BCUT2D eigenvalue weighted by Gasteiger charge is 2.34. The van der Waals surface area contributed by atoms with E-state index in [9.17, 15) is 19.5 Å². The van der Waals surface area contributed by atoms with Gasteiger partial charge in [0.25, 0.3) is 0 Å². The van der Waals surface area contributed by atoms with Gasteiger partial charge in [0.15, 0.2) is 0 Å². The van der Waals surface area contributed by atoms with Crippen LogP contribution in [-0.4, -0.2) is 41.3 Å². The quantitative estimate of drug-likeness (QED) is 0.561. The van der Waals surface area contributed by atoms with E-state index in [4.69, 9.17) is 4.74 Å². The predicted octanol–water partition coefficient (Wildman–Crippen LogP) is 4.45. The lowest BCUT2D eigenvalue weighted by Gasteiger charge is -2.31. The molecule has 0 heterocycles. The second-order valence-corrected chi connectivity index (χ2v) is 9.91. The third-order valence-electron chi connectivity index (χ3n) is 6.82. The molecular weight excluding hydrogens is 432 g/mol. The molecule has 3 N–H and O–H groups in total. The van der Waals surface area contributed by atoms with Gasteiger partial charge in [0, 0.05) is 23.9 Å². The van der Waals surface area contributed by atoms with Crippen LogP contribution in [0.2, 0.25) is 0 Å². The Morgan fingerprint density at radius 3 is 2.18 bits per heavy atom. The number of carboxylic acids is 1. The lowest BCUT2D eigenvalue weighted by molar-refractivity contribution is -0.144. The molecule has 2 amide bonds. The lowest BCUT2D eigenvalue weighted by Crippen LogP contribution is -2.50. The van der Waals surface area contributed by atoms with Crippen molar-refractivity contribution in [2.75, 3.05) is 6.61 Å². The number of alkyl carbamates (subject to hydrolysis) is 1. The maximum atomic E-state index is 12.6. The number of benzene rings is 2. The minimum Gasteiger partial charge on any atom is -0.481 e. The van der Waals surface area contributed by atoms with Crippen LogP contribution in [-0.2, 0) is 14.3 Å². The molecule has 7 heteroatoms. The minimum atomic E-state index is -0.874. The van der Waals surface area contributed by atoms with E-state index < -0.39 is 23.5 Å². The number of amides is 2. The first-order valence-electron chi connectivity index (χ1n) is 11.9. The van der Waals surface area contributed by atoms with Crippen LogP contribution in [0.3, 0.4) is 0 Å². The summed E-state index contributed by atoms with van der Waals surface area (Å²) in [7, 11) is 0. The fourth-order valence-electron chi connectivity index (χ4n) is 5.21. The molecule has 0 aromatic heterocycles. The molecule has 4 rings (SSSR count). The molecule has 0 radical (unpaired) electrons. The zero-order valence-corrected chi connectivity index (χ0v) is 19.7. The van der Waals surface area contributed by atoms with E-state index in [1.165, 1.54) is 0 Å². The second kappa shape index (κ2) is 9.87. The number of hydrogen-bond donors (Lipinski definition) is 3. The van der Waals surface area contributed by atoms with Gasteiger partial charge in [-0.1, -0.05) is 61.4 Å². The van der Waals surface area contributed by atoms with Gasteiger partial charge in [0.05, 0.1) is 5.92 Å². The minimum absolute atomic E-state index is 0.0278. The maximum absolute atomic E-state index is 12.6. The van der Waals surface area contributed by atoms with Crippen LogP contribution in [0, 0.1) is 5.92 Å². The molecule has 0 spiro atoms. The summed E-state index contributed by atoms with van der Waals surface area (Å²) in [6.07, 6.45) is 2.43. The number of ether oxygens (including phenoxy) is 1. The molecule has 2 aliphatic rings. The summed E-state index contributed by atoms with van der Waals surface area (Å²) in [5.74, 6) is -1.75. The normalized spacial score (nSPS) is 19.6. The average molecular weight is 465 g/mol. The standard InChI is InChI=1S/C27H32N2O5/c1-27(2,15-24(30)28-23-14-8-7-13-21(23)25(31)32)29-26(33)34-16-22-19-11-5-3-9-17(19)18-10-4-6-12-20(18)22/h3-6,9-12,21-23H,7-8,13-16H2,1-2H3,(H,28,30)(H,29,33)(H,31,32). The van der Waals surface area contributed by atoms with Crippen LogP contribution >= 0.6 is 0 Å². The Kier molecular flexibility index (Phi) is 6.91. The first-order chi connectivity index (χ1) is 16.2. The summed E-state index contributed by atoms with van der Waals surface area (Å²) >= 11 is 0. The predicted molar refractivity (Wildman–Crippen MR) is 128 cm³/mol. The highest BCUT2D eigenvalue weighted by molar-refractivity contribution is 5.81. The molecule has 7 nitrogen and oxygen atoms in total. The number of carbonyl (C=O) groups is 3. The highest BCUT2D eigenvalue weighted by atomic mass is 16.5. The van der Waals surface area contributed by atoms with Crippen molar-refractivity contribution in [3.8, 4) is 11.1 Å². The van der Waals surface area contributed by atoms with Gasteiger partial charge in [0.1, 0.15) is 6.61 Å². The summed E-state index contributed by atoms with van der Waals surface area (Å²) in [5.41, 5.74) is 3.74. The molecule has 2 aliphatic carbocycles. The van der Waals surface area contributed by atoms with Gasteiger partial charge in [-0.05, 0) is 48.9 Å². The Bertz CT molecular complexity index is 1030. The second-order valence-electron chi connectivity index (χ2n) is 9.91. The molecule has 2 atom stereocenters. The fraction of sp³-hybridized carbons (Fsp3) is 0.444. The van der Waals surface area contributed by atoms with Gasteiger partial charge in [0.2, 0.25) is 5.91 Å². The molecule has 2 aromatic carbocycles. The van der Waals surface area contributed by atoms with Gasteiger partial charge < -0.3 is 20.5 Å². The molecule has 2 unspecified atom stereocenters. The third-order valence-corrected chi connectivity index (χ3v) is 6.82. The first kappa shape index (κ1) is 23.8. The Morgan fingerprint density at radius 2 is 1.56 bits per heavy atom. The molecule has 180 valence electrons. The van der Waals surface area contributed by atoms with Crippen molar-refractivity contribution in [2.45, 2.75) is 63.5 Å². The number of aliphatic carboxylic acids is 1. The SMILES string of the molecule is CC(C)(CC(=O)NC1CCCCC1C(=O)O)NC(=O)OCC1c2ccccc2-c2ccccc21. The van der Waals surface area contributed by atoms with E-state index >= 15 is 0 Å². The van der Waals surface area contributed by atoms with Gasteiger partial charge in [-0.15, -0.1) is 0 Å². The summed E-state index contributed by atoms with van der Waals surface area (Å²) in [5, 5.41) is 15.1. The van der Waals surface area contributed by atoms with Crippen LogP contribution in [0.25, 0.3) is 11.1 Å². The van der Waals surface area contributed by atoms with Crippen molar-refractivity contribution in [3.63, 3.8) is 0 Å². The zero-order chi connectivity index (χ0) is 24.3. The van der Waals surface area contributed by atoms with Gasteiger partial charge >= 0.3 is 12.1 Å². The van der Waals surface area contributed by atoms with Crippen LogP contribution < -0.4 is 10.6 Å². The number of hydrogen-bond acceptors (Lipinski definition) is 4. The number of carbonyl (C=O) groups excluding carboxylic acids is 2. The van der Waals surface area contributed by atoms with Crippen LogP contribution in [0.15, 0.2) is 48.5 Å². The molecule has 0 aliphatic heterocycles. The van der Waals surface area contributed by atoms with Crippen molar-refractivity contribution >= 4 is 18.0 Å². The molecule has 0 bridgehead atoms. The molecule has 2 aromatic rings. The largest absolute Gasteiger partial charge is 0.481 e. The monoisotopic (exact) mass is 464 g/mol. The Hall–Kier alpha value is -3.35. The van der Waals surface area contributed by atoms with Crippen molar-refractivity contribution in [1.82, 2.24) is 10.6 Å². The van der Waals surface area contributed by atoms with Gasteiger partial charge in [-0.2, -0.15) is 0 Å². The van der Waals surface area contributed by atoms with Crippen molar-refractivity contribution in [1.29, 1.82) is 0 Å². The van der Waals surface area contributed by atoms with E-state index in [2.05, 4.69) is 34.9 Å². The molecule has 1 saturated carbocycles. The maximum Gasteiger partial charge on any atom is 0.407 e. The molecule has 0 saturated heterocycles. The summed E-state index contributed by atoms with van der Waals surface area (Å²) in [6, 6.07) is 15.9.